The molecule has 0 heterocycles. The van der Waals surface area contributed by atoms with Gasteiger partial charge in [-0.2, -0.15) is 0 Å². The van der Waals surface area contributed by atoms with E-state index in [9.17, 15) is 14.7 Å². The van der Waals surface area contributed by atoms with E-state index in [1.807, 2.05) is 54.6 Å². The van der Waals surface area contributed by atoms with Gasteiger partial charge in [0.1, 0.15) is 18.1 Å². The van der Waals surface area contributed by atoms with E-state index < -0.39 is 12.1 Å². The van der Waals surface area contributed by atoms with Gasteiger partial charge in [-0.05, 0) is 91.4 Å². The second kappa shape index (κ2) is 15.3. The number of ether oxygens (including phenoxy) is 3. The summed E-state index contributed by atoms with van der Waals surface area (Å²) in [6.07, 6.45) is 3.10. The van der Waals surface area contributed by atoms with Crippen LogP contribution in [0.25, 0.3) is 0 Å². The van der Waals surface area contributed by atoms with Crippen molar-refractivity contribution in [1.82, 2.24) is 4.90 Å². The summed E-state index contributed by atoms with van der Waals surface area (Å²) in [5.41, 5.74) is 3.45. The maximum absolute atomic E-state index is 13.2. The van der Waals surface area contributed by atoms with Gasteiger partial charge in [0.15, 0.2) is 6.10 Å². The lowest BCUT2D eigenvalue weighted by molar-refractivity contribution is -0.149. The fraction of sp³-hybridized carbons (Fsp3) is 0.375. The molecule has 1 aliphatic rings. The number of carboxylic acids is 1. The normalized spacial score (nSPS) is 12.9. The molecule has 0 aliphatic heterocycles. The first-order valence-corrected chi connectivity index (χ1v) is 14.8. The molecule has 0 spiro atoms. The average Bonchev–Trinajstić information content (AvgIpc) is 3.43. The monoisotopic (exact) mass is 563 g/mol. The molecular formula is C32H37NO6S. The Morgan fingerprint density at radius 1 is 0.950 bits per heavy atom. The Bertz CT molecular complexity index is 1230. The van der Waals surface area contributed by atoms with Gasteiger partial charge < -0.3 is 24.2 Å². The third-order valence-corrected chi connectivity index (χ3v) is 7.83. The minimum Gasteiger partial charge on any atom is -0.492 e. The van der Waals surface area contributed by atoms with Crippen molar-refractivity contribution in [3.05, 3.63) is 89.5 Å². The van der Waals surface area contributed by atoms with Gasteiger partial charge in [0.2, 0.25) is 0 Å². The maximum Gasteiger partial charge on any atom is 0.415 e. The predicted octanol–water partition coefficient (Wildman–Crippen LogP) is 6.27. The van der Waals surface area contributed by atoms with Crippen LogP contribution in [-0.4, -0.2) is 60.2 Å². The van der Waals surface area contributed by atoms with Gasteiger partial charge >= 0.3 is 12.1 Å². The summed E-state index contributed by atoms with van der Waals surface area (Å²) < 4.78 is 17.0. The number of aliphatic carboxylic acids is 1. The Labute approximate surface area is 240 Å². The molecule has 1 aliphatic carbocycles. The van der Waals surface area contributed by atoms with Crippen LogP contribution in [-0.2, 0) is 28.8 Å². The third-order valence-electron chi connectivity index (χ3n) is 6.74. The number of benzene rings is 3. The van der Waals surface area contributed by atoms with Crippen LogP contribution in [0.2, 0.25) is 0 Å². The Balaban J connectivity index is 1.31. The third kappa shape index (κ3) is 9.03. The van der Waals surface area contributed by atoms with Crippen molar-refractivity contribution in [3.63, 3.8) is 0 Å². The van der Waals surface area contributed by atoms with E-state index in [-0.39, 0.29) is 12.5 Å². The summed E-state index contributed by atoms with van der Waals surface area (Å²) in [6, 6.07) is 23.4. The highest BCUT2D eigenvalue weighted by molar-refractivity contribution is 7.99. The van der Waals surface area contributed by atoms with Crippen molar-refractivity contribution in [2.45, 2.75) is 50.0 Å². The summed E-state index contributed by atoms with van der Waals surface area (Å²) in [5.74, 6) is 1.14. The van der Waals surface area contributed by atoms with Gasteiger partial charge in [-0.3, -0.25) is 0 Å². The first-order chi connectivity index (χ1) is 19.5. The number of thioether (sulfide) groups is 1. The first kappa shape index (κ1) is 29.5. The van der Waals surface area contributed by atoms with Gasteiger partial charge in [0.25, 0.3) is 0 Å². The molecule has 0 bridgehead atoms. The Kier molecular flexibility index (Phi) is 11.3. The van der Waals surface area contributed by atoms with E-state index in [1.54, 1.807) is 23.6 Å². The zero-order chi connectivity index (χ0) is 28.2. The molecule has 1 unspecified atom stereocenters. The quantitative estimate of drug-likeness (QED) is 0.172. The highest BCUT2D eigenvalue weighted by Gasteiger charge is 2.19. The molecule has 0 fully saturated rings. The molecule has 1 atom stereocenters. The lowest BCUT2D eigenvalue weighted by Gasteiger charge is -2.22. The molecule has 3 aromatic rings. The lowest BCUT2D eigenvalue weighted by Crippen LogP contribution is -2.37. The first-order valence-electron chi connectivity index (χ1n) is 13.8. The van der Waals surface area contributed by atoms with Crippen molar-refractivity contribution in [1.29, 1.82) is 0 Å². The zero-order valence-electron chi connectivity index (χ0n) is 22.9. The number of hydrogen-bond acceptors (Lipinski definition) is 6. The van der Waals surface area contributed by atoms with Gasteiger partial charge in [-0.25, -0.2) is 9.59 Å². The van der Waals surface area contributed by atoms with Crippen LogP contribution < -0.4 is 9.47 Å². The fourth-order valence-electron chi connectivity index (χ4n) is 4.66. The van der Waals surface area contributed by atoms with E-state index >= 15 is 0 Å². The molecule has 212 valence electrons. The fourth-order valence-corrected chi connectivity index (χ4v) is 5.52. The summed E-state index contributed by atoms with van der Waals surface area (Å²) in [7, 11) is 0. The number of rotatable bonds is 15. The molecule has 0 radical (unpaired) electrons. The molecule has 0 aromatic heterocycles. The van der Waals surface area contributed by atoms with E-state index in [1.165, 1.54) is 16.0 Å². The van der Waals surface area contributed by atoms with E-state index in [0.717, 1.165) is 37.0 Å². The van der Waals surface area contributed by atoms with E-state index in [4.69, 9.17) is 14.2 Å². The lowest BCUT2D eigenvalue weighted by atomic mass is 10.1. The molecule has 0 saturated heterocycles. The molecule has 4 rings (SSSR count). The van der Waals surface area contributed by atoms with Crippen molar-refractivity contribution < 1.29 is 28.9 Å². The summed E-state index contributed by atoms with van der Waals surface area (Å²) in [4.78, 5) is 27.4. The van der Waals surface area contributed by atoms with Gasteiger partial charge in [0.05, 0.1) is 6.54 Å². The SMILES string of the molecule is CCOC(Cc1ccc(OCCN(CCCSc2ccccc2)C(=O)Oc2ccc3c(c2)CCC3)cc1)C(=O)O. The summed E-state index contributed by atoms with van der Waals surface area (Å²) in [6.45, 7) is 3.36. The maximum atomic E-state index is 13.2. The molecule has 1 N–H and O–H groups in total. The smallest absolute Gasteiger partial charge is 0.415 e. The number of carboxylic acid groups (broad SMARTS) is 1. The van der Waals surface area contributed by atoms with Crippen LogP contribution in [0.3, 0.4) is 0 Å². The molecule has 8 heteroatoms. The number of amides is 1. The number of nitrogens with zero attached hydrogens (tertiary/aromatic N) is 1. The van der Waals surface area contributed by atoms with Gasteiger partial charge in [-0.1, -0.05) is 36.4 Å². The number of aryl methyl sites for hydroxylation is 2. The van der Waals surface area contributed by atoms with Crippen molar-refractivity contribution >= 4 is 23.8 Å². The van der Waals surface area contributed by atoms with E-state index in [2.05, 4.69) is 18.2 Å². The topological polar surface area (TPSA) is 85.3 Å². The van der Waals surface area contributed by atoms with Crippen LogP contribution in [0, 0.1) is 0 Å². The molecule has 40 heavy (non-hydrogen) atoms. The molecular weight excluding hydrogens is 526 g/mol. The number of carbonyl (C=O) groups excluding carboxylic acids is 1. The molecule has 0 saturated carbocycles. The Morgan fingerprint density at radius 3 is 2.45 bits per heavy atom. The van der Waals surface area contributed by atoms with Crippen LogP contribution in [0.4, 0.5) is 4.79 Å². The van der Waals surface area contributed by atoms with Crippen LogP contribution in [0.5, 0.6) is 11.5 Å². The number of carbonyl (C=O) groups is 2. The molecule has 3 aromatic carbocycles. The minimum atomic E-state index is -0.976. The minimum absolute atomic E-state index is 0.284. The van der Waals surface area contributed by atoms with Crippen LogP contribution in [0.15, 0.2) is 77.7 Å². The predicted molar refractivity (Wildman–Crippen MR) is 157 cm³/mol. The summed E-state index contributed by atoms with van der Waals surface area (Å²) >= 11 is 1.77. The Morgan fingerprint density at radius 2 is 1.70 bits per heavy atom. The van der Waals surface area contributed by atoms with Gasteiger partial charge in [0, 0.05) is 24.5 Å². The second-order valence-corrected chi connectivity index (χ2v) is 10.8. The number of hydrogen-bond donors (Lipinski definition) is 1. The standard InChI is InChI=1S/C32H37NO6S/c1-2-37-30(31(34)35)22-24-12-15-27(16-13-24)38-20-19-33(18-7-21-40-29-10-4-3-5-11-29)32(36)39-28-17-14-25-8-6-9-26(25)23-28/h3-5,10-17,23,30H,2,6-9,18-22H2,1H3,(H,34,35). The Hall–Kier alpha value is -3.49. The largest absolute Gasteiger partial charge is 0.492 e. The number of fused-ring (bicyclic) bond motifs is 1. The van der Waals surface area contributed by atoms with Crippen molar-refractivity contribution in [3.8, 4) is 11.5 Å². The van der Waals surface area contributed by atoms with Crippen molar-refractivity contribution in [2.24, 2.45) is 0 Å². The van der Waals surface area contributed by atoms with Gasteiger partial charge in [-0.15, -0.1) is 11.8 Å². The van der Waals surface area contributed by atoms with Crippen LogP contribution in [0.1, 0.15) is 36.5 Å². The van der Waals surface area contributed by atoms with E-state index in [0.29, 0.717) is 37.8 Å². The summed E-state index contributed by atoms with van der Waals surface area (Å²) in [5, 5.41) is 9.31. The average molecular weight is 564 g/mol. The molecule has 7 nitrogen and oxygen atoms in total. The molecule has 1 amide bonds. The highest BCUT2D eigenvalue weighted by atomic mass is 32.2. The van der Waals surface area contributed by atoms with Crippen LogP contribution >= 0.6 is 11.8 Å². The second-order valence-electron chi connectivity index (χ2n) is 9.63. The van der Waals surface area contributed by atoms with Crippen molar-refractivity contribution in [2.75, 3.05) is 32.1 Å². The zero-order valence-corrected chi connectivity index (χ0v) is 23.7. The highest BCUT2D eigenvalue weighted by Crippen LogP contribution is 2.26.